The number of nitrogens with one attached hydrogen (secondary N) is 2. The summed E-state index contributed by atoms with van der Waals surface area (Å²) < 4.78 is 10.9. The number of furan rings is 1. The maximum atomic E-state index is 5.44. The lowest BCUT2D eigenvalue weighted by atomic mass is 10.0. The van der Waals surface area contributed by atoms with Gasteiger partial charge in [0.05, 0.1) is 6.26 Å². The van der Waals surface area contributed by atoms with Crippen molar-refractivity contribution in [2.75, 3.05) is 39.4 Å². The number of hydrogen-bond acceptors (Lipinski definition) is 4. The van der Waals surface area contributed by atoms with Crippen molar-refractivity contribution in [3.63, 3.8) is 0 Å². The minimum Gasteiger partial charge on any atom is -0.469 e. The molecule has 1 aromatic carbocycles. The van der Waals surface area contributed by atoms with E-state index >= 15 is 0 Å². The molecule has 3 rings (SSSR count). The molecule has 1 aromatic heterocycles. The second-order valence-electron chi connectivity index (χ2n) is 8.08. The second kappa shape index (κ2) is 15.3. The molecule has 1 unspecified atom stereocenters. The number of aliphatic imine (C=N–C) groups is 1. The number of rotatable bonds is 11. The van der Waals surface area contributed by atoms with E-state index in [4.69, 9.17) is 14.1 Å². The number of hydrogen-bond donors (Lipinski definition) is 2. The average molecular weight is 555 g/mol. The molecule has 0 radical (unpaired) electrons. The van der Waals surface area contributed by atoms with Crippen LogP contribution in [-0.2, 0) is 11.2 Å². The summed E-state index contributed by atoms with van der Waals surface area (Å²) in [6, 6.07) is 15.6. The molecule has 2 aromatic rings. The highest BCUT2D eigenvalue weighted by Crippen LogP contribution is 2.23. The van der Waals surface area contributed by atoms with Gasteiger partial charge in [0.2, 0.25) is 0 Å². The van der Waals surface area contributed by atoms with Crippen molar-refractivity contribution in [1.29, 1.82) is 0 Å². The quantitative estimate of drug-likeness (QED) is 0.184. The molecule has 2 N–H and O–H groups in total. The van der Waals surface area contributed by atoms with E-state index in [1.807, 2.05) is 19.1 Å². The number of benzene rings is 1. The van der Waals surface area contributed by atoms with Gasteiger partial charge in [-0.3, -0.25) is 9.89 Å². The van der Waals surface area contributed by atoms with Crippen molar-refractivity contribution in [1.82, 2.24) is 15.5 Å². The zero-order valence-corrected chi connectivity index (χ0v) is 21.8. The van der Waals surface area contributed by atoms with E-state index in [1.54, 1.807) is 6.26 Å². The van der Waals surface area contributed by atoms with Crippen molar-refractivity contribution in [3.05, 3.63) is 60.1 Å². The predicted molar refractivity (Wildman–Crippen MR) is 142 cm³/mol. The second-order valence-corrected chi connectivity index (χ2v) is 8.08. The zero-order chi connectivity index (χ0) is 21.7. The highest BCUT2D eigenvalue weighted by Gasteiger charge is 2.24. The Balaban J connectivity index is 0.00000363. The molecule has 0 bridgehead atoms. The smallest absolute Gasteiger partial charge is 0.191 e. The lowest BCUT2D eigenvalue weighted by molar-refractivity contribution is 0.146. The summed E-state index contributed by atoms with van der Waals surface area (Å²) in [5.74, 6) is 1.89. The highest BCUT2D eigenvalue weighted by atomic mass is 127. The number of ether oxygens (including phenoxy) is 1. The van der Waals surface area contributed by atoms with Gasteiger partial charge in [0.1, 0.15) is 5.76 Å². The molecule has 32 heavy (non-hydrogen) atoms. The van der Waals surface area contributed by atoms with Crippen LogP contribution in [0.1, 0.15) is 50.5 Å². The summed E-state index contributed by atoms with van der Waals surface area (Å²) in [7, 11) is 0. The summed E-state index contributed by atoms with van der Waals surface area (Å²) >= 11 is 0. The number of nitrogens with zero attached hydrogens (tertiary/aromatic N) is 2. The number of halogens is 1. The molecule has 1 atom stereocenters. The Kier molecular flexibility index (Phi) is 12.7. The summed E-state index contributed by atoms with van der Waals surface area (Å²) in [5.41, 5.74) is 1.39. The molecular formula is C25H39IN4O2. The third kappa shape index (κ3) is 9.11. The molecule has 6 nitrogen and oxygen atoms in total. The first-order valence-electron chi connectivity index (χ1n) is 11.7. The van der Waals surface area contributed by atoms with E-state index in [1.165, 1.54) is 5.56 Å². The normalized spacial score (nSPS) is 16.4. The third-order valence-corrected chi connectivity index (χ3v) is 5.86. The van der Waals surface area contributed by atoms with E-state index < -0.39 is 0 Å². The lowest BCUT2D eigenvalue weighted by Crippen LogP contribution is -2.49. The van der Waals surface area contributed by atoms with Crippen LogP contribution in [0.5, 0.6) is 0 Å². The lowest BCUT2D eigenvalue weighted by Gasteiger charge is -2.37. The number of likely N-dealkylation sites (tertiary alicyclic amines) is 1. The number of guanidine groups is 1. The molecule has 2 heterocycles. The number of piperidine rings is 1. The molecule has 1 aliphatic rings. The topological polar surface area (TPSA) is 62.0 Å². The van der Waals surface area contributed by atoms with Gasteiger partial charge in [-0.25, -0.2) is 0 Å². The fourth-order valence-electron chi connectivity index (χ4n) is 3.98. The Morgan fingerprint density at radius 2 is 1.97 bits per heavy atom. The average Bonchev–Trinajstić information content (AvgIpc) is 3.33. The van der Waals surface area contributed by atoms with Crippen LogP contribution in [0.4, 0.5) is 0 Å². The molecule has 1 fully saturated rings. The highest BCUT2D eigenvalue weighted by molar-refractivity contribution is 14.0. The third-order valence-electron chi connectivity index (χ3n) is 5.86. The fourth-order valence-corrected chi connectivity index (χ4v) is 3.98. The summed E-state index contributed by atoms with van der Waals surface area (Å²) in [6.07, 6.45) is 5.75. The maximum absolute atomic E-state index is 5.44. The first kappa shape index (κ1) is 26.7. The molecule has 1 aliphatic heterocycles. The fraction of sp³-hybridized carbons (Fsp3) is 0.560. The molecular weight excluding hydrogens is 515 g/mol. The van der Waals surface area contributed by atoms with E-state index in [9.17, 15) is 0 Å². The van der Waals surface area contributed by atoms with Crippen molar-refractivity contribution in [3.8, 4) is 0 Å². The largest absolute Gasteiger partial charge is 0.469 e. The monoisotopic (exact) mass is 554 g/mol. The molecule has 0 saturated carbocycles. The Morgan fingerprint density at radius 1 is 1.19 bits per heavy atom. The van der Waals surface area contributed by atoms with Crippen LogP contribution in [0.25, 0.3) is 0 Å². The summed E-state index contributed by atoms with van der Waals surface area (Å²) in [6.45, 7) is 9.61. The Labute approximate surface area is 210 Å². The maximum Gasteiger partial charge on any atom is 0.191 e. The van der Waals surface area contributed by atoms with Gasteiger partial charge >= 0.3 is 0 Å². The van der Waals surface area contributed by atoms with Crippen LogP contribution in [0, 0.1) is 0 Å². The van der Waals surface area contributed by atoms with E-state index in [0.29, 0.717) is 12.1 Å². The standard InChI is InChI=1S/C25H38N4O2.HI/c1-3-30-19-8-15-26-25(27-16-12-24-11-7-20-31-24)28-23-13-17-29(18-14-23)21(2)22-9-5-4-6-10-22;/h4-7,9-11,20-21,23H,3,8,12-19H2,1-2H3,(H2,26,27,28);1H. The van der Waals surface area contributed by atoms with E-state index in [2.05, 4.69) is 52.8 Å². The Bertz CT molecular complexity index is 747. The van der Waals surface area contributed by atoms with Gasteiger partial charge in [-0.05, 0) is 50.8 Å². The molecule has 0 aliphatic carbocycles. The van der Waals surface area contributed by atoms with Gasteiger partial charge in [0.25, 0.3) is 0 Å². The summed E-state index contributed by atoms with van der Waals surface area (Å²) in [4.78, 5) is 7.36. The van der Waals surface area contributed by atoms with E-state index in [-0.39, 0.29) is 24.0 Å². The minimum absolute atomic E-state index is 0. The van der Waals surface area contributed by atoms with Crippen LogP contribution in [0.3, 0.4) is 0 Å². The van der Waals surface area contributed by atoms with Crippen molar-refractivity contribution < 1.29 is 9.15 Å². The minimum atomic E-state index is 0. The molecule has 7 heteroatoms. The Morgan fingerprint density at radius 3 is 2.66 bits per heavy atom. The molecule has 1 saturated heterocycles. The van der Waals surface area contributed by atoms with Gasteiger partial charge in [-0.15, -0.1) is 24.0 Å². The molecule has 178 valence electrons. The van der Waals surface area contributed by atoms with Gasteiger partial charge < -0.3 is 19.8 Å². The first-order chi connectivity index (χ1) is 15.3. The summed E-state index contributed by atoms with van der Waals surface area (Å²) in [5, 5.41) is 7.15. The van der Waals surface area contributed by atoms with Crippen LogP contribution in [0.2, 0.25) is 0 Å². The SMILES string of the molecule is CCOCCCN=C(NCCc1ccco1)NC1CCN(C(C)c2ccccc2)CC1.I. The van der Waals surface area contributed by atoms with Gasteiger partial charge in [0, 0.05) is 57.9 Å². The van der Waals surface area contributed by atoms with Crippen LogP contribution < -0.4 is 10.6 Å². The zero-order valence-electron chi connectivity index (χ0n) is 19.5. The van der Waals surface area contributed by atoms with Crippen molar-refractivity contribution in [2.45, 2.75) is 51.6 Å². The Hall–Kier alpha value is -1.58. The van der Waals surface area contributed by atoms with Crippen LogP contribution in [-0.4, -0.2) is 56.3 Å². The van der Waals surface area contributed by atoms with Crippen molar-refractivity contribution in [2.24, 2.45) is 4.99 Å². The van der Waals surface area contributed by atoms with Gasteiger partial charge in [-0.1, -0.05) is 30.3 Å². The van der Waals surface area contributed by atoms with E-state index in [0.717, 1.165) is 76.8 Å². The van der Waals surface area contributed by atoms with Gasteiger partial charge in [0.15, 0.2) is 5.96 Å². The predicted octanol–water partition coefficient (Wildman–Crippen LogP) is 4.63. The van der Waals surface area contributed by atoms with Crippen LogP contribution in [0.15, 0.2) is 58.1 Å². The van der Waals surface area contributed by atoms with Crippen molar-refractivity contribution >= 4 is 29.9 Å². The molecule has 0 spiro atoms. The first-order valence-corrected chi connectivity index (χ1v) is 11.7. The van der Waals surface area contributed by atoms with Crippen LogP contribution >= 0.6 is 24.0 Å². The van der Waals surface area contributed by atoms with Gasteiger partial charge in [-0.2, -0.15) is 0 Å². The molecule has 0 amide bonds.